The Morgan fingerprint density at radius 2 is 1.37 bits per heavy atom. The fraction of sp³-hybridized carbons (Fsp3) is 0.125. The molecule has 3 heteroatoms. The fourth-order valence-electron chi connectivity index (χ4n) is 3.54. The summed E-state index contributed by atoms with van der Waals surface area (Å²) in [5, 5.41) is 0.984. The van der Waals surface area contributed by atoms with Crippen molar-refractivity contribution in [1.29, 1.82) is 0 Å². The second-order valence-electron chi connectivity index (χ2n) is 6.74. The van der Waals surface area contributed by atoms with E-state index in [0.29, 0.717) is 5.58 Å². The van der Waals surface area contributed by atoms with Crippen LogP contribution in [0.15, 0.2) is 75.9 Å². The Balaban J connectivity index is 1.81. The van der Waals surface area contributed by atoms with Gasteiger partial charge in [-0.15, -0.1) is 0 Å². The SMILES string of the molecule is COc1ccc(-c2ccc(-c3cc(=O)oc4cc(C)cc(C)c34)cc2)cc1. The van der Waals surface area contributed by atoms with Crippen LogP contribution in [0.4, 0.5) is 0 Å². The van der Waals surface area contributed by atoms with Gasteiger partial charge in [0.15, 0.2) is 0 Å². The molecule has 0 N–H and O–H groups in total. The van der Waals surface area contributed by atoms with Crippen LogP contribution in [-0.4, -0.2) is 7.11 Å². The van der Waals surface area contributed by atoms with Crippen molar-refractivity contribution in [3.05, 3.63) is 88.3 Å². The molecule has 0 aliphatic carbocycles. The van der Waals surface area contributed by atoms with Gasteiger partial charge in [-0.25, -0.2) is 4.79 Å². The average Bonchev–Trinajstić information content (AvgIpc) is 2.67. The molecule has 3 aromatic carbocycles. The van der Waals surface area contributed by atoms with Gasteiger partial charge in [-0.2, -0.15) is 0 Å². The second-order valence-corrected chi connectivity index (χ2v) is 6.74. The highest BCUT2D eigenvalue weighted by molar-refractivity contribution is 5.96. The van der Waals surface area contributed by atoms with E-state index in [4.69, 9.17) is 9.15 Å². The summed E-state index contributed by atoms with van der Waals surface area (Å²) in [6.45, 7) is 4.05. The Hall–Kier alpha value is -3.33. The fourth-order valence-corrected chi connectivity index (χ4v) is 3.54. The van der Waals surface area contributed by atoms with Gasteiger partial charge in [0.25, 0.3) is 0 Å². The third-order valence-electron chi connectivity index (χ3n) is 4.81. The predicted molar refractivity (Wildman–Crippen MR) is 109 cm³/mol. The molecule has 1 heterocycles. The number of hydrogen-bond donors (Lipinski definition) is 0. The van der Waals surface area contributed by atoms with Gasteiger partial charge >= 0.3 is 5.63 Å². The van der Waals surface area contributed by atoms with E-state index in [1.165, 1.54) is 0 Å². The molecular formula is C24H20O3. The van der Waals surface area contributed by atoms with Crippen LogP contribution < -0.4 is 10.4 Å². The lowest BCUT2D eigenvalue weighted by molar-refractivity contribution is 0.415. The summed E-state index contributed by atoms with van der Waals surface area (Å²) in [5.74, 6) is 0.837. The normalized spacial score (nSPS) is 10.9. The molecule has 4 aromatic rings. The lowest BCUT2D eigenvalue weighted by Gasteiger charge is -2.10. The van der Waals surface area contributed by atoms with Crippen molar-refractivity contribution >= 4 is 11.0 Å². The van der Waals surface area contributed by atoms with Gasteiger partial charge in [-0.1, -0.05) is 42.5 Å². The van der Waals surface area contributed by atoms with Gasteiger partial charge in [0, 0.05) is 17.0 Å². The second kappa shape index (κ2) is 6.76. The van der Waals surface area contributed by atoms with Crippen LogP contribution in [-0.2, 0) is 0 Å². The number of rotatable bonds is 3. The summed E-state index contributed by atoms with van der Waals surface area (Å²) in [7, 11) is 1.66. The Morgan fingerprint density at radius 3 is 2.00 bits per heavy atom. The molecule has 0 radical (unpaired) electrons. The molecule has 0 aliphatic heterocycles. The molecule has 1 aromatic heterocycles. The Kier molecular flexibility index (Phi) is 4.28. The first-order valence-electron chi connectivity index (χ1n) is 8.85. The molecule has 0 spiro atoms. The summed E-state index contributed by atoms with van der Waals surface area (Å²) < 4.78 is 10.6. The van der Waals surface area contributed by atoms with Gasteiger partial charge in [0.05, 0.1) is 7.11 Å². The topological polar surface area (TPSA) is 39.4 Å². The van der Waals surface area contributed by atoms with Crippen molar-refractivity contribution in [2.24, 2.45) is 0 Å². The van der Waals surface area contributed by atoms with Gasteiger partial charge in [0.1, 0.15) is 11.3 Å². The third kappa shape index (κ3) is 3.24. The highest BCUT2D eigenvalue weighted by Gasteiger charge is 2.11. The van der Waals surface area contributed by atoms with Crippen LogP contribution in [0.3, 0.4) is 0 Å². The van der Waals surface area contributed by atoms with Crippen molar-refractivity contribution in [3.63, 3.8) is 0 Å². The Labute approximate surface area is 157 Å². The van der Waals surface area contributed by atoms with Crippen LogP contribution in [0.2, 0.25) is 0 Å². The summed E-state index contributed by atoms with van der Waals surface area (Å²) >= 11 is 0. The van der Waals surface area contributed by atoms with Gasteiger partial charge in [0.2, 0.25) is 0 Å². The molecule has 0 bridgehead atoms. The highest BCUT2D eigenvalue weighted by Crippen LogP contribution is 2.32. The summed E-state index contributed by atoms with van der Waals surface area (Å²) in [6.07, 6.45) is 0. The van der Waals surface area contributed by atoms with E-state index in [1.54, 1.807) is 13.2 Å². The molecule has 134 valence electrons. The lowest BCUT2D eigenvalue weighted by Crippen LogP contribution is -1.99. The lowest BCUT2D eigenvalue weighted by atomic mass is 9.95. The van der Waals surface area contributed by atoms with Crippen LogP contribution in [0, 0.1) is 13.8 Å². The minimum atomic E-state index is -0.332. The first kappa shape index (κ1) is 17.1. The first-order valence-corrected chi connectivity index (χ1v) is 8.85. The number of benzene rings is 3. The molecule has 0 saturated heterocycles. The van der Waals surface area contributed by atoms with E-state index in [-0.39, 0.29) is 5.63 Å². The van der Waals surface area contributed by atoms with E-state index >= 15 is 0 Å². The maximum Gasteiger partial charge on any atom is 0.336 e. The van der Waals surface area contributed by atoms with Gasteiger partial charge in [-0.3, -0.25) is 0 Å². The third-order valence-corrected chi connectivity index (χ3v) is 4.81. The number of ether oxygens (including phenoxy) is 1. The monoisotopic (exact) mass is 356 g/mol. The maximum absolute atomic E-state index is 12.1. The van der Waals surface area contributed by atoms with E-state index in [1.807, 2.05) is 56.3 Å². The van der Waals surface area contributed by atoms with E-state index in [9.17, 15) is 4.79 Å². The zero-order valence-electron chi connectivity index (χ0n) is 15.6. The van der Waals surface area contributed by atoms with Crippen molar-refractivity contribution in [3.8, 4) is 28.0 Å². The maximum atomic E-state index is 12.1. The minimum Gasteiger partial charge on any atom is -0.497 e. The minimum absolute atomic E-state index is 0.332. The van der Waals surface area contributed by atoms with E-state index in [0.717, 1.165) is 44.5 Å². The smallest absolute Gasteiger partial charge is 0.336 e. The molecule has 27 heavy (non-hydrogen) atoms. The summed E-state index contributed by atoms with van der Waals surface area (Å²) in [5.41, 5.74) is 6.61. The molecule has 0 unspecified atom stereocenters. The Bertz CT molecular complexity index is 1170. The van der Waals surface area contributed by atoms with Gasteiger partial charge in [-0.05, 0) is 59.9 Å². The van der Waals surface area contributed by atoms with Crippen molar-refractivity contribution in [1.82, 2.24) is 0 Å². The zero-order chi connectivity index (χ0) is 19.0. The molecule has 3 nitrogen and oxygen atoms in total. The molecule has 0 fully saturated rings. The molecule has 4 rings (SSSR count). The highest BCUT2D eigenvalue weighted by atomic mass is 16.5. The quantitative estimate of drug-likeness (QED) is 0.439. The van der Waals surface area contributed by atoms with Gasteiger partial charge < -0.3 is 9.15 Å². The first-order chi connectivity index (χ1) is 13.0. The largest absolute Gasteiger partial charge is 0.497 e. The molecule has 0 aliphatic rings. The van der Waals surface area contributed by atoms with Crippen LogP contribution in [0.25, 0.3) is 33.2 Å². The Morgan fingerprint density at radius 1 is 0.778 bits per heavy atom. The molecule has 0 atom stereocenters. The number of fused-ring (bicyclic) bond motifs is 1. The number of aryl methyl sites for hydroxylation is 2. The van der Waals surface area contributed by atoms with Crippen LogP contribution >= 0.6 is 0 Å². The van der Waals surface area contributed by atoms with Crippen LogP contribution in [0.5, 0.6) is 5.75 Å². The zero-order valence-corrected chi connectivity index (χ0v) is 15.6. The van der Waals surface area contributed by atoms with Crippen molar-refractivity contribution < 1.29 is 9.15 Å². The summed E-state index contributed by atoms with van der Waals surface area (Å²) in [4.78, 5) is 12.1. The average molecular weight is 356 g/mol. The number of hydrogen-bond acceptors (Lipinski definition) is 3. The predicted octanol–water partition coefficient (Wildman–Crippen LogP) is 5.75. The van der Waals surface area contributed by atoms with Crippen molar-refractivity contribution in [2.75, 3.05) is 7.11 Å². The van der Waals surface area contributed by atoms with E-state index in [2.05, 4.69) is 18.2 Å². The number of methoxy groups -OCH3 is 1. The van der Waals surface area contributed by atoms with E-state index < -0.39 is 0 Å². The standard InChI is InChI=1S/C24H20O3/c1-15-12-16(2)24-21(14-23(25)27-22(24)13-15)19-6-4-17(5-7-19)18-8-10-20(26-3)11-9-18/h4-14H,1-3H3. The molecule has 0 amide bonds. The molecular weight excluding hydrogens is 336 g/mol. The van der Waals surface area contributed by atoms with Crippen LogP contribution in [0.1, 0.15) is 11.1 Å². The summed E-state index contributed by atoms with van der Waals surface area (Å²) in [6, 6.07) is 21.8. The molecule has 0 saturated carbocycles. The van der Waals surface area contributed by atoms with Crippen molar-refractivity contribution in [2.45, 2.75) is 13.8 Å².